The third-order valence-corrected chi connectivity index (χ3v) is 8.04. The molecule has 1 aromatic heterocycles. The number of benzene rings is 3. The van der Waals surface area contributed by atoms with Gasteiger partial charge in [0.2, 0.25) is 15.9 Å². The number of hydrogen-bond donors (Lipinski definition) is 4. The monoisotopic (exact) mass is 545 g/mol. The van der Waals surface area contributed by atoms with E-state index >= 15 is 0 Å². The molecule has 3 aromatic carbocycles. The zero-order valence-electron chi connectivity index (χ0n) is 22.2. The molecule has 0 saturated heterocycles. The van der Waals surface area contributed by atoms with Crippen molar-refractivity contribution in [3.63, 3.8) is 0 Å². The Morgan fingerprint density at radius 2 is 1.77 bits per heavy atom. The number of sulfonamides is 1. The highest BCUT2D eigenvalue weighted by molar-refractivity contribution is 7.89. The molecule has 8 nitrogen and oxygen atoms in total. The van der Waals surface area contributed by atoms with Crippen molar-refractivity contribution < 1.29 is 23.1 Å². The molecule has 39 heavy (non-hydrogen) atoms. The molecular weight excluding hydrogens is 514 g/mol. The van der Waals surface area contributed by atoms with Crippen molar-refractivity contribution in [1.29, 1.82) is 0 Å². The Morgan fingerprint density at radius 3 is 2.41 bits per heavy atom. The molecule has 0 bridgehead atoms. The van der Waals surface area contributed by atoms with Crippen LogP contribution >= 0.6 is 0 Å². The first-order valence-corrected chi connectivity index (χ1v) is 13.8. The number of fused-ring (bicyclic) bond motifs is 1. The number of nitrogens with one attached hydrogen (secondary N) is 2. The molecule has 0 aliphatic rings. The van der Waals surface area contributed by atoms with Crippen LogP contribution in [-0.2, 0) is 16.4 Å². The first-order valence-electron chi connectivity index (χ1n) is 12.3. The molecule has 1 atom stereocenters. The second kappa shape index (κ2) is 10.9. The standard InChI is InChI=1S/C30H31N3O5S/c1-19-15-20(11-13-23(19)29(31)34)9-10-21-12-14-26(38-4)27(16-21)39(36,37)33-28(30(2,3)35)17-22-18-32-25-8-6-5-7-24(22)25/h5-8,11-16,18,28,32-33,35H,17H2,1-4H3,(H2,31,34)/t28-/m1/s1. The summed E-state index contributed by atoms with van der Waals surface area (Å²) in [6.45, 7) is 4.91. The van der Waals surface area contributed by atoms with Crippen molar-refractivity contribution in [3.05, 3.63) is 94.7 Å². The number of rotatable bonds is 8. The van der Waals surface area contributed by atoms with E-state index in [0.717, 1.165) is 16.5 Å². The minimum atomic E-state index is -4.13. The van der Waals surface area contributed by atoms with Gasteiger partial charge in [-0.3, -0.25) is 4.79 Å². The van der Waals surface area contributed by atoms with Gasteiger partial charge in [0.25, 0.3) is 0 Å². The molecule has 0 unspecified atom stereocenters. The first-order chi connectivity index (χ1) is 18.4. The van der Waals surface area contributed by atoms with Gasteiger partial charge in [-0.2, -0.15) is 0 Å². The lowest BCUT2D eigenvalue weighted by atomic mass is 9.93. The van der Waals surface area contributed by atoms with Crippen LogP contribution in [0, 0.1) is 18.8 Å². The number of primary amides is 1. The number of nitrogens with two attached hydrogens (primary N) is 1. The molecule has 5 N–H and O–H groups in total. The SMILES string of the molecule is COc1ccc(C#Cc2ccc(C(N)=O)c(C)c2)cc1S(=O)(=O)N[C@H](Cc1c[nH]c2ccccc12)C(C)(C)O. The van der Waals surface area contributed by atoms with Gasteiger partial charge in [0.15, 0.2) is 0 Å². The number of aromatic amines is 1. The normalized spacial score (nSPS) is 12.5. The lowest BCUT2D eigenvalue weighted by molar-refractivity contribution is 0.0461. The molecule has 0 saturated carbocycles. The summed E-state index contributed by atoms with van der Waals surface area (Å²) in [5, 5.41) is 11.9. The van der Waals surface area contributed by atoms with E-state index in [4.69, 9.17) is 10.5 Å². The molecule has 0 spiro atoms. The van der Waals surface area contributed by atoms with Crippen LogP contribution in [0.5, 0.6) is 5.75 Å². The Labute approximate surface area is 228 Å². The van der Waals surface area contributed by atoms with Crippen molar-refractivity contribution in [3.8, 4) is 17.6 Å². The van der Waals surface area contributed by atoms with E-state index in [0.29, 0.717) is 22.3 Å². The number of carbonyl (C=O) groups is 1. The fraction of sp³-hybridized carbons (Fsp3) is 0.233. The maximum absolute atomic E-state index is 13.6. The zero-order valence-corrected chi connectivity index (χ0v) is 23.0. The van der Waals surface area contributed by atoms with Crippen molar-refractivity contribution >= 4 is 26.8 Å². The Balaban J connectivity index is 1.65. The van der Waals surface area contributed by atoms with E-state index in [2.05, 4.69) is 21.5 Å². The molecule has 0 radical (unpaired) electrons. The number of ether oxygens (including phenoxy) is 1. The Bertz CT molecular complexity index is 1710. The third kappa shape index (κ3) is 6.32. The number of aromatic nitrogens is 1. The largest absolute Gasteiger partial charge is 0.495 e. The third-order valence-electron chi connectivity index (χ3n) is 6.55. The van der Waals surface area contributed by atoms with Gasteiger partial charge in [0.1, 0.15) is 10.6 Å². The van der Waals surface area contributed by atoms with Gasteiger partial charge in [-0.15, -0.1) is 0 Å². The summed E-state index contributed by atoms with van der Waals surface area (Å²) in [6, 6.07) is 16.5. The highest BCUT2D eigenvalue weighted by Gasteiger charge is 2.33. The smallest absolute Gasteiger partial charge is 0.248 e. The van der Waals surface area contributed by atoms with Crippen LogP contribution in [0.2, 0.25) is 0 Å². The second-order valence-electron chi connectivity index (χ2n) is 9.90. The van der Waals surface area contributed by atoms with E-state index in [-0.39, 0.29) is 17.1 Å². The average Bonchev–Trinajstić information content (AvgIpc) is 3.29. The highest BCUT2D eigenvalue weighted by Crippen LogP contribution is 2.28. The maximum Gasteiger partial charge on any atom is 0.248 e. The summed E-state index contributed by atoms with van der Waals surface area (Å²) >= 11 is 0. The van der Waals surface area contributed by atoms with Crippen molar-refractivity contribution in [2.45, 2.75) is 43.7 Å². The van der Waals surface area contributed by atoms with Crippen LogP contribution < -0.4 is 15.2 Å². The zero-order chi connectivity index (χ0) is 28.4. The maximum atomic E-state index is 13.6. The Morgan fingerprint density at radius 1 is 1.10 bits per heavy atom. The summed E-state index contributed by atoms with van der Waals surface area (Å²) in [4.78, 5) is 14.6. The van der Waals surface area contributed by atoms with Crippen molar-refractivity contribution in [2.75, 3.05) is 7.11 Å². The quantitative estimate of drug-likeness (QED) is 0.251. The summed E-state index contributed by atoms with van der Waals surface area (Å²) in [5.74, 6) is 5.60. The minimum Gasteiger partial charge on any atom is -0.495 e. The van der Waals surface area contributed by atoms with Gasteiger partial charge >= 0.3 is 0 Å². The molecule has 0 aliphatic heterocycles. The van der Waals surface area contributed by atoms with E-state index in [1.165, 1.54) is 13.2 Å². The predicted molar refractivity (Wildman–Crippen MR) is 151 cm³/mol. The lowest BCUT2D eigenvalue weighted by Gasteiger charge is -2.30. The fourth-order valence-electron chi connectivity index (χ4n) is 4.33. The minimum absolute atomic E-state index is 0.0924. The molecule has 202 valence electrons. The molecule has 4 rings (SSSR count). The van der Waals surface area contributed by atoms with Crippen LogP contribution in [0.1, 0.15) is 46.5 Å². The molecular formula is C30H31N3O5S. The summed E-state index contributed by atoms with van der Waals surface area (Å²) < 4.78 is 35.3. The van der Waals surface area contributed by atoms with Gasteiger partial charge in [-0.1, -0.05) is 30.0 Å². The van der Waals surface area contributed by atoms with Gasteiger partial charge in [0.05, 0.1) is 18.8 Å². The average molecular weight is 546 g/mol. The van der Waals surface area contributed by atoms with E-state index in [9.17, 15) is 18.3 Å². The fourth-order valence-corrected chi connectivity index (χ4v) is 5.91. The van der Waals surface area contributed by atoms with Crippen molar-refractivity contribution in [2.24, 2.45) is 5.73 Å². The Kier molecular flexibility index (Phi) is 7.84. The number of amides is 1. The Hall–Kier alpha value is -4.10. The molecule has 9 heteroatoms. The molecule has 0 aliphatic carbocycles. The van der Waals surface area contributed by atoms with E-state index in [1.54, 1.807) is 51.1 Å². The number of para-hydroxylation sites is 1. The second-order valence-corrected chi connectivity index (χ2v) is 11.6. The number of aliphatic hydroxyl groups is 1. The van der Waals surface area contributed by atoms with E-state index in [1.807, 2.05) is 30.5 Å². The van der Waals surface area contributed by atoms with Crippen molar-refractivity contribution in [1.82, 2.24) is 9.71 Å². The number of methoxy groups -OCH3 is 1. The van der Waals surface area contributed by atoms with Gasteiger partial charge in [-0.25, -0.2) is 13.1 Å². The van der Waals surface area contributed by atoms with E-state index < -0.39 is 27.6 Å². The summed E-state index contributed by atoms with van der Waals surface area (Å²) in [5.41, 5.74) is 8.02. The number of H-pyrrole nitrogens is 1. The number of aryl methyl sites for hydroxylation is 1. The van der Waals surface area contributed by atoms with Gasteiger partial charge in [0, 0.05) is 33.8 Å². The van der Waals surface area contributed by atoms with Gasteiger partial charge < -0.3 is 20.6 Å². The van der Waals surface area contributed by atoms with Crippen LogP contribution in [0.4, 0.5) is 0 Å². The van der Waals surface area contributed by atoms with Gasteiger partial charge in [-0.05, 0) is 80.8 Å². The molecule has 4 aromatic rings. The number of carbonyl (C=O) groups excluding carboxylic acids is 1. The lowest BCUT2D eigenvalue weighted by Crippen LogP contribution is -2.50. The number of hydrogen-bond acceptors (Lipinski definition) is 5. The predicted octanol–water partition coefficient (Wildman–Crippen LogP) is 3.64. The topological polar surface area (TPSA) is 135 Å². The molecule has 0 fully saturated rings. The first kappa shape index (κ1) is 27.9. The molecule has 1 amide bonds. The van der Waals surface area contributed by atoms with Crippen LogP contribution in [-0.4, -0.2) is 43.2 Å². The van der Waals surface area contributed by atoms with Crippen LogP contribution in [0.25, 0.3) is 10.9 Å². The summed E-state index contributed by atoms with van der Waals surface area (Å²) in [7, 11) is -2.74. The molecule has 1 heterocycles. The highest BCUT2D eigenvalue weighted by atomic mass is 32.2. The van der Waals surface area contributed by atoms with Crippen LogP contribution in [0.3, 0.4) is 0 Å². The van der Waals surface area contributed by atoms with Crippen LogP contribution in [0.15, 0.2) is 71.8 Å². The summed E-state index contributed by atoms with van der Waals surface area (Å²) in [6.07, 6.45) is 2.08.